The zero-order valence-corrected chi connectivity index (χ0v) is 22.2. The van der Waals surface area contributed by atoms with E-state index >= 15 is 0 Å². The van der Waals surface area contributed by atoms with E-state index in [1.54, 1.807) is 0 Å². The van der Waals surface area contributed by atoms with Gasteiger partial charge in [0.05, 0.1) is 38.6 Å². The van der Waals surface area contributed by atoms with Gasteiger partial charge in [-0.2, -0.15) is 0 Å². The number of hydrogen-bond acceptors (Lipinski definition) is 19. The van der Waals surface area contributed by atoms with Gasteiger partial charge in [0.15, 0.2) is 18.2 Å². The Morgan fingerprint density at radius 2 is 1.24 bits per heavy atom. The molecule has 4 heterocycles. The van der Waals surface area contributed by atoms with Gasteiger partial charge in [-0.15, -0.1) is 0 Å². The highest BCUT2D eigenvalue weighted by molar-refractivity contribution is 5.12. The lowest BCUT2D eigenvalue weighted by atomic mass is 9.74. The van der Waals surface area contributed by atoms with E-state index in [4.69, 9.17) is 23.7 Å². The number of rotatable bonds is 9. The third-order valence-corrected chi connectivity index (χ3v) is 8.37. The Morgan fingerprint density at radius 1 is 0.619 bits per heavy atom. The van der Waals surface area contributed by atoms with Gasteiger partial charge >= 0.3 is 0 Å². The lowest BCUT2D eigenvalue weighted by molar-refractivity contribution is -0.388. The quantitative estimate of drug-likeness (QED) is 0.114. The van der Waals surface area contributed by atoms with E-state index in [0.29, 0.717) is 0 Å². The normalized spacial score (nSPS) is 53.8. The SMILES string of the molecule is OC[C@@H]1NC[C@H](O)[C@@H]1O[C@H]1O[C@H](CO)[C@@](O)([C@@H]2O[C@H](CO)[C@@H](O[C@@H]3O[C@H](CO)[C@@H](O)[C@H](O)[C@H]3O)[C@H](O)[C@H]2O)[C@H](O)[C@H]1O. The molecule has 4 fully saturated rings. The van der Waals surface area contributed by atoms with Crippen LogP contribution in [0, 0.1) is 0 Å². The van der Waals surface area contributed by atoms with Gasteiger partial charge in [-0.1, -0.05) is 0 Å². The number of aliphatic hydroxyl groups excluding tert-OH is 12. The fourth-order valence-electron chi connectivity index (χ4n) is 5.87. The maximum absolute atomic E-state index is 11.6. The second-order valence-electron chi connectivity index (χ2n) is 10.9. The van der Waals surface area contributed by atoms with Gasteiger partial charge in [-0.05, 0) is 0 Å². The lowest BCUT2D eigenvalue weighted by Crippen LogP contribution is -2.77. The van der Waals surface area contributed by atoms with Crippen molar-refractivity contribution in [3.8, 4) is 0 Å². The van der Waals surface area contributed by atoms with E-state index in [9.17, 15) is 66.4 Å². The summed E-state index contributed by atoms with van der Waals surface area (Å²) in [6.45, 7) is -3.23. The minimum absolute atomic E-state index is 0.0313. The minimum atomic E-state index is -2.86. The average Bonchev–Trinajstić information content (AvgIpc) is 3.34. The number of nitrogens with one attached hydrogen (secondary N) is 1. The summed E-state index contributed by atoms with van der Waals surface area (Å²) in [5, 5.41) is 137. The van der Waals surface area contributed by atoms with Crippen LogP contribution in [0.2, 0.25) is 0 Å². The Labute approximate surface area is 238 Å². The number of aliphatic hydroxyl groups is 13. The van der Waals surface area contributed by atoms with Gasteiger partial charge in [0.1, 0.15) is 79.4 Å². The fourth-order valence-corrected chi connectivity index (χ4v) is 5.87. The first-order chi connectivity index (χ1) is 19.8. The molecule has 0 aliphatic carbocycles. The van der Waals surface area contributed by atoms with Crippen molar-refractivity contribution in [3.05, 3.63) is 0 Å². The van der Waals surface area contributed by atoms with E-state index < -0.39 is 136 Å². The van der Waals surface area contributed by atoms with Gasteiger partial charge in [-0.25, -0.2) is 0 Å². The Hall–Kier alpha value is -0.760. The van der Waals surface area contributed by atoms with Crippen molar-refractivity contribution in [2.75, 3.05) is 33.0 Å². The summed E-state index contributed by atoms with van der Waals surface area (Å²) in [4.78, 5) is 0. The maximum atomic E-state index is 11.6. The van der Waals surface area contributed by atoms with Crippen LogP contribution in [-0.4, -0.2) is 209 Å². The number of hydrogen-bond donors (Lipinski definition) is 14. The van der Waals surface area contributed by atoms with Crippen LogP contribution in [0.5, 0.6) is 0 Å². The van der Waals surface area contributed by atoms with Gasteiger partial charge in [0, 0.05) is 6.54 Å². The second kappa shape index (κ2) is 13.7. The topological polar surface area (TPSA) is 321 Å². The Balaban J connectivity index is 1.53. The Kier molecular flexibility index (Phi) is 11.1. The molecule has 19 nitrogen and oxygen atoms in total. The summed E-state index contributed by atoms with van der Waals surface area (Å²) >= 11 is 0. The molecule has 0 aromatic rings. The standard InChI is InChI=1S/C23H41NO18/c25-2-6-17(7(29)1-24-6)41-22-16(35)19(36)23(37,10(5-28)40-22)20-14(33)13(32)18(9(4-27)38-20)42-21-15(34)12(31)11(30)8(3-26)39-21/h6-22,24-37H,1-5H2/t6-,7-,8+,9+,10+,11+,12-,13+,14+,15+,16+,17+,18+,19+,20+,21-,22+,23-/m0/s1. The van der Waals surface area contributed by atoms with Crippen LogP contribution in [0.1, 0.15) is 0 Å². The molecule has 42 heavy (non-hydrogen) atoms. The molecule has 0 unspecified atom stereocenters. The van der Waals surface area contributed by atoms with Crippen LogP contribution in [-0.2, 0) is 23.7 Å². The molecule has 19 heteroatoms. The molecule has 0 saturated carbocycles. The highest BCUT2D eigenvalue weighted by Gasteiger charge is 2.65. The lowest BCUT2D eigenvalue weighted by Gasteiger charge is -2.55. The monoisotopic (exact) mass is 619 g/mol. The summed E-state index contributed by atoms with van der Waals surface area (Å²) in [6.07, 6.45) is -28.6. The summed E-state index contributed by atoms with van der Waals surface area (Å²) in [7, 11) is 0. The molecule has 4 saturated heterocycles. The van der Waals surface area contributed by atoms with Crippen LogP contribution in [0.4, 0.5) is 0 Å². The van der Waals surface area contributed by atoms with Crippen molar-refractivity contribution >= 4 is 0 Å². The highest BCUT2D eigenvalue weighted by atomic mass is 16.7. The molecule has 4 aliphatic rings. The number of ether oxygens (including phenoxy) is 5. The number of β-amino-alcohol motifs (C(OH)–C–C–N with tert-alkyl or cyclic N) is 1. The van der Waals surface area contributed by atoms with Crippen molar-refractivity contribution < 1.29 is 90.1 Å². The molecule has 0 amide bonds. The predicted molar refractivity (Wildman–Crippen MR) is 129 cm³/mol. The molecule has 4 aliphatic heterocycles. The van der Waals surface area contributed by atoms with Crippen LogP contribution >= 0.6 is 0 Å². The zero-order valence-electron chi connectivity index (χ0n) is 22.2. The van der Waals surface area contributed by atoms with Crippen molar-refractivity contribution in [2.45, 2.75) is 110 Å². The third kappa shape index (κ3) is 5.95. The first kappa shape index (κ1) is 34.1. The molecule has 4 rings (SSSR count). The first-order valence-corrected chi connectivity index (χ1v) is 13.5. The predicted octanol–water partition coefficient (Wildman–Crippen LogP) is -9.47. The molecule has 0 aromatic carbocycles. The highest BCUT2D eigenvalue weighted by Crippen LogP contribution is 2.41. The van der Waals surface area contributed by atoms with Crippen molar-refractivity contribution in [3.63, 3.8) is 0 Å². The van der Waals surface area contributed by atoms with E-state index in [1.165, 1.54) is 0 Å². The molecule has 0 spiro atoms. The van der Waals surface area contributed by atoms with Crippen molar-refractivity contribution in [1.82, 2.24) is 5.32 Å². The first-order valence-electron chi connectivity index (χ1n) is 13.5. The van der Waals surface area contributed by atoms with E-state index in [0.717, 1.165) is 0 Å². The van der Waals surface area contributed by atoms with Gasteiger partial charge in [0.25, 0.3) is 0 Å². The van der Waals surface area contributed by atoms with Crippen LogP contribution in [0.3, 0.4) is 0 Å². The molecule has 14 N–H and O–H groups in total. The molecular weight excluding hydrogens is 578 g/mol. The Morgan fingerprint density at radius 3 is 1.83 bits per heavy atom. The summed E-state index contributed by atoms with van der Waals surface area (Å²) < 4.78 is 27.4. The molecule has 0 bridgehead atoms. The summed E-state index contributed by atoms with van der Waals surface area (Å²) in [5.74, 6) is 0. The minimum Gasteiger partial charge on any atom is -0.395 e. The van der Waals surface area contributed by atoms with E-state index in [1.807, 2.05) is 0 Å². The van der Waals surface area contributed by atoms with Crippen molar-refractivity contribution in [1.29, 1.82) is 0 Å². The van der Waals surface area contributed by atoms with Gasteiger partial charge < -0.3 is 95.4 Å². The zero-order chi connectivity index (χ0) is 31.1. The fraction of sp³-hybridized carbons (Fsp3) is 1.00. The largest absolute Gasteiger partial charge is 0.395 e. The van der Waals surface area contributed by atoms with Crippen molar-refractivity contribution in [2.24, 2.45) is 0 Å². The Bertz CT molecular complexity index is 867. The summed E-state index contributed by atoms with van der Waals surface area (Å²) in [5.41, 5.74) is -2.86. The molecular formula is C23H41NO18. The van der Waals surface area contributed by atoms with Crippen LogP contribution in [0.25, 0.3) is 0 Å². The van der Waals surface area contributed by atoms with E-state index in [2.05, 4.69) is 5.32 Å². The maximum Gasteiger partial charge on any atom is 0.187 e. The van der Waals surface area contributed by atoms with Gasteiger partial charge in [-0.3, -0.25) is 0 Å². The smallest absolute Gasteiger partial charge is 0.187 e. The molecule has 0 aromatic heterocycles. The molecule has 246 valence electrons. The second-order valence-corrected chi connectivity index (χ2v) is 10.9. The van der Waals surface area contributed by atoms with Crippen LogP contribution < -0.4 is 5.32 Å². The van der Waals surface area contributed by atoms with Gasteiger partial charge in [0.2, 0.25) is 0 Å². The molecule has 0 radical (unpaired) electrons. The van der Waals surface area contributed by atoms with Crippen LogP contribution in [0.15, 0.2) is 0 Å². The average molecular weight is 620 g/mol. The third-order valence-electron chi connectivity index (χ3n) is 8.37. The van der Waals surface area contributed by atoms with E-state index in [-0.39, 0.29) is 6.54 Å². The summed E-state index contributed by atoms with van der Waals surface area (Å²) in [6, 6.07) is -0.772. The molecule has 18 atom stereocenters.